The lowest BCUT2D eigenvalue weighted by molar-refractivity contribution is 0.340. The highest BCUT2D eigenvalue weighted by Gasteiger charge is 2.33. The van der Waals surface area contributed by atoms with E-state index in [-0.39, 0.29) is 17.0 Å². The van der Waals surface area contributed by atoms with Gasteiger partial charge >= 0.3 is 0 Å². The molecule has 0 aliphatic carbocycles. The van der Waals surface area contributed by atoms with Crippen molar-refractivity contribution < 1.29 is 9.47 Å². The number of hydrogen-bond acceptors (Lipinski definition) is 5. The van der Waals surface area contributed by atoms with Gasteiger partial charge in [-0.05, 0) is 31.5 Å². The molecule has 3 N–H and O–H groups in total. The third-order valence-corrected chi connectivity index (χ3v) is 3.88. The van der Waals surface area contributed by atoms with Crippen molar-refractivity contribution in [2.75, 3.05) is 6.61 Å². The van der Waals surface area contributed by atoms with Crippen LogP contribution in [0.2, 0.25) is 0 Å². The highest BCUT2D eigenvalue weighted by Crippen LogP contribution is 2.40. The highest BCUT2D eigenvalue weighted by molar-refractivity contribution is 5.55. The molecule has 3 rings (SSSR count). The number of nitrogens with two attached hydrogens (primary N) is 1. The first-order valence-electron chi connectivity index (χ1n) is 7.59. The van der Waals surface area contributed by atoms with E-state index in [1.165, 1.54) is 0 Å². The maximum Gasteiger partial charge on any atom is 0.256 e. The van der Waals surface area contributed by atoms with Crippen LogP contribution < -0.4 is 20.8 Å². The van der Waals surface area contributed by atoms with Gasteiger partial charge in [-0.25, -0.2) is 0 Å². The maximum absolute atomic E-state index is 12.5. The van der Waals surface area contributed by atoms with E-state index in [1.54, 1.807) is 13.0 Å². The van der Waals surface area contributed by atoms with Crippen LogP contribution in [-0.2, 0) is 0 Å². The summed E-state index contributed by atoms with van der Waals surface area (Å²) in [6, 6.07) is 11.0. The molecule has 0 fully saturated rings. The van der Waals surface area contributed by atoms with Crippen molar-refractivity contribution in [1.82, 2.24) is 4.98 Å². The van der Waals surface area contributed by atoms with Gasteiger partial charge in [0, 0.05) is 11.8 Å². The summed E-state index contributed by atoms with van der Waals surface area (Å²) in [5, 5.41) is 9.50. The smallest absolute Gasteiger partial charge is 0.256 e. The fourth-order valence-corrected chi connectivity index (χ4v) is 2.86. The van der Waals surface area contributed by atoms with Crippen molar-refractivity contribution in [3.05, 3.63) is 69.0 Å². The molecule has 6 heteroatoms. The molecular formula is C18H17N3O3. The van der Waals surface area contributed by atoms with E-state index in [0.717, 1.165) is 11.3 Å². The Morgan fingerprint density at radius 3 is 2.71 bits per heavy atom. The van der Waals surface area contributed by atoms with Gasteiger partial charge in [0.25, 0.3) is 5.56 Å². The van der Waals surface area contributed by atoms with E-state index in [4.69, 9.17) is 15.2 Å². The largest absolute Gasteiger partial charge is 0.494 e. The quantitative estimate of drug-likeness (QED) is 0.902. The molecule has 0 amide bonds. The number of pyridine rings is 1. The summed E-state index contributed by atoms with van der Waals surface area (Å²) in [6.07, 6.45) is 0. The van der Waals surface area contributed by atoms with Crippen LogP contribution in [0.3, 0.4) is 0 Å². The Morgan fingerprint density at radius 2 is 2.08 bits per heavy atom. The average molecular weight is 323 g/mol. The fraction of sp³-hybridized carbons (Fsp3) is 0.222. The lowest BCUT2D eigenvalue weighted by Crippen LogP contribution is -2.28. The number of ether oxygens (including phenoxy) is 2. The summed E-state index contributed by atoms with van der Waals surface area (Å²) in [6.45, 7) is 4.23. The van der Waals surface area contributed by atoms with Crippen LogP contribution in [0.4, 0.5) is 0 Å². The molecular weight excluding hydrogens is 306 g/mol. The maximum atomic E-state index is 12.5. The van der Waals surface area contributed by atoms with E-state index < -0.39 is 5.92 Å². The van der Waals surface area contributed by atoms with Crippen LogP contribution in [0.5, 0.6) is 11.5 Å². The number of H-pyrrole nitrogens is 1. The van der Waals surface area contributed by atoms with Gasteiger partial charge in [0.15, 0.2) is 0 Å². The van der Waals surface area contributed by atoms with Crippen molar-refractivity contribution in [2.45, 2.75) is 19.8 Å². The summed E-state index contributed by atoms with van der Waals surface area (Å²) in [4.78, 5) is 15.2. The van der Waals surface area contributed by atoms with Crippen LogP contribution >= 0.6 is 0 Å². The number of nitriles is 1. The number of allylic oxidation sites excluding steroid dienone is 1. The van der Waals surface area contributed by atoms with Gasteiger partial charge in [0.2, 0.25) is 5.88 Å². The first kappa shape index (κ1) is 15.7. The minimum atomic E-state index is -0.571. The van der Waals surface area contributed by atoms with Gasteiger partial charge in [-0.3, -0.25) is 4.79 Å². The molecule has 1 aromatic heterocycles. The fourth-order valence-electron chi connectivity index (χ4n) is 2.86. The third kappa shape index (κ3) is 2.61. The van der Waals surface area contributed by atoms with E-state index in [9.17, 15) is 10.1 Å². The normalized spacial score (nSPS) is 16.1. The molecule has 0 saturated heterocycles. The Morgan fingerprint density at radius 1 is 1.38 bits per heavy atom. The molecule has 2 heterocycles. The number of aryl methyl sites for hydroxylation is 1. The number of benzene rings is 1. The van der Waals surface area contributed by atoms with Crippen LogP contribution in [0.25, 0.3) is 0 Å². The molecule has 0 saturated carbocycles. The Balaban J connectivity index is 2.18. The van der Waals surface area contributed by atoms with Crippen LogP contribution in [0.15, 0.2) is 46.6 Å². The number of nitrogens with zero attached hydrogens (tertiary/aromatic N) is 1. The minimum Gasteiger partial charge on any atom is -0.494 e. The Labute approximate surface area is 139 Å². The van der Waals surface area contributed by atoms with Crippen molar-refractivity contribution in [1.29, 1.82) is 5.26 Å². The van der Waals surface area contributed by atoms with Crippen LogP contribution in [0.1, 0.15) is 29.7 Å². The molecule has 2 aromatic rings. The second-order valence-corrected chi connectivity index (χ2v) is 5.49. The number of hydrogen-bond donors (Lipinski definition) is 2. The van der Waals surface area contributed by atoms with E-state index >= 15 is 0 Å². The Kier molecular flexibility index (Phi) is 4.00. The summed E-state index contributed by atoms with van der Waals surface area (Å²) in [7, 11) is 0. The molecule has 24 heavy (non-hydrogen) atoms. The summed E-state index contributed by atoms with van der Waals surface area (Å²) < 4.78 is 10.9. The number of nitrogens with one attached hydrogen (secondary N) is 1. The first-order chi connectivity index (χ1) is 11.5. The van der Waals surface area contributed by atoms with Gasteiger partial charge in [-0.1, -0.05) is 12.1 Å². The number of aromatic nitrogens is 1. The van der Waals surface area contributed by atoms with E-state index in [0.29, 0.717) is 23.6 Å². The molecule has 1 aromatic carbocycles. The molecule has 0 bridgehead atoms. The van der Waals surface area contributed by atoms with Crippen LogP contribution in [-0.4, -0.2) is 11.6 Å². The Hall–Kier alpha value is -3.20. The second kappa shape index (κ2) is 6.13. The number of aromatic amines is 1. The second-order valence-electron chi connectivity index (χ2n) is 5.49. The first-order valence-corrected chi connectivity index (χ1v) is 7.59. The SMILES string of the molecule is CCOc1ccc(C2C(C#N)=C(N)Oc3cc(C)[nH]c(=O)c32)cc1. The average Bonchev–Trinajstić information content (AvgIpc) is 2.54. The monoisotopic (exact) mass is 323 g/mol. The summed E-state index contributed by atoms with van der Waals surface area (Å²) >= 11 is 0. The lowest BCUT2D eigenvalue weighted by atomic mass is 9.84. The van der Waals surface area contributed by atoms with Gasteiger partial charge in [0.1, 0.15) is 23.1 Å². The molecule has 6 nitrogen and oxygen atoms in total. The molecule has 1 atom stereocenters. The van der Waals surface area contributed by atoms with Crippen molar-refractivity contribution >= 4 is 0 Å². The topological polar surface area (TPSA) is 101 Å². The molecule has 122 valence electrons. The van der Waals surface area contributed by atoms with Gasteiger partial charge in [-0.15, -0.1) is 0 Å². The zero-order valence-electron chi connectivity index (χ0n) is 13.4. The number of rotatable bonds is 3. The summed E-state index contributed by atoms with van der Waals surface area (Å²) in [5.41, 5.74) is 7.67. The number of fused-ring (bicyclic) bond motifs is 1. The molecule has 0 radical (unpaired) electrons. The van der Waals surface area contributed by atoms with Crippen molar-refractivity contribution in [3.63, 3.8) is 0 Å². The zero-order valence-corrected chi connectivity index (χ0v) is 13.4. The predicted molar refractivity (Wildman–Crippen MR) is 88.7 cm³/mol. The minimum absolute atomic E-state index is 0.0221. The Bertz CT molecular complexity index is 905. The van der Waals surface area contributed by atoms with Gasteiger partial charge < -0.3 is 20.2 Å². The van der Waals surface area contributed by atoms with E-state index in [1.807, 2.05) is 31.2 Å². The van der Waals surface area contributed by atoms with Crippen molar-refractivity contribution in [2.24, 2.45) is 5.73 Å². The summed E-state index contributed by atoms with van der Waals surface area (Å²) in [5.74, 6) is 0.557. The molecule has 1 aliphatic heterocycles. The highest BCUT2D eigenvalue weighted by atomic mass is 16.5. The lowest BCUT2D eigenvalue weighted by Gasteiger charge is -2.25. The molecule has 0 spiro atoms. The predicted octanol–water partition coefficient (Wildman–Crippen LogP) is 2.30. The molecule has 1 unspecified atom stereocenters. The van der Waals surface area contributed by atoms with Gasteiger partial charge in [-0.2, -0.15) is 5.26 Å². The molecule has 1 aliphatic rings. The van der Waals surface area contributed by atoms with Crippen LogP contribution in [0, 0.1) is 18.3 Å². The van der Waals surface area contributed by atoms with Gasteiger partial charge in [0.05, 0.1) is 18.1 Å². The van der Waals surface area contributed by atoms with Crippen molar-refractivity contribution in [3.8, 4) is 17.6 Å². The van der Waals surface area contributed by atoms with E-state index in [2.05, 4.69) is 11.1 Å². The third-order valence-electron chi connectivity index (χ3n) is 3.88. The zero-order chi connectivity index (χ0) is 17.3. The standard InChI is InChI=1S/C18H17N3O3/c1-3-23-12-6-4-11(5-7-12)15-13(9-19)17(20)24-14-8-10(2)21-18(22)16(14)15/h4-8,15H,3,20H2,1-2H3,(H,21,22).